The van der Waals surface area contributed by atoms with Crippen LogP contribution in [-0.4, -0.2) is 24.4 Å². The normalized spacial score (nSPS) is 22.1. The van der Waals surface area contributed by atoms with Gasteiger partial charge in [-0.2, -0.15) is 0 Å². The van der Waals surface area contributed by atoms with E-state index in [1.54, 1.807) is 0 Å². The van der Waals surface area contributed by atoms with Crippen molar-refractivity contribution in [3.8, 4) is 0 Å². The molecule has 0 saturated heterocycles. The molecule has 2 heterocycles. The summed E-state index contributed by atoms with van der Waals surface area (Å²) in [5.41, 5.74) is 6.43. The second-order valence-electron chi connectivity index (χ2n) is 6.57. The first-order chi connectivity index (χ1) is 9.53. The maximum atomic E-state index is 9.53. The van der Waals surface area contributed by atoms with Crippen molar-refractivity contribution in [3.05, 3.63) is 40.6 Å². The number of nitrogens with one attached hydrogen (secondary N) is 1. The average molecular weight is 273 g/mol. The van der Waals surface area contributed by atoms with E-state index in [1.165, 1.54) is 28.0 Å². The Morgan fingerprint density at radius 2 is 2.20 bits per heavy atom. The maximum Gasteiger partial charge on any atom is 0.0744 e. The molecule has 0 radical (unpaired) electrons. The number of rotatable bonds is 2. The smallest absolute Gasteiger partial charge is 0.0744 e. The minimum Gasteiger partial charge on any atom is -0.396 e. The molecule has 3 nitrogen and oxygen atoms in total. The largest absolute Gasteiger partial charge is 0.396 e. The van der Waals surface area contributed by atoms with Gasteiger partial charge in [0.2, 0.25) is 0 Å². The fourth-order valence-electron chi connectivity index (χ4n) is 3.15. The van der Waals surface area contributed by atoms with Gasteiger partial charge in [0, 0.05) is 29.7 Å². The lowest BCUT2D eigenvalue weighted by Gasteiger charge is -2.39. The minimum absolute atomic E-state index is 0.0734. The van der Waals surface area contributed by atoms with Gasteiger partial charge in [-0.3, -0.25) is 0 Å². The summed E-state index contributed by atoms with van der Waals surface area (Å²) < 4.78 is 6.06. The first-order valence-corrected chi connectivity index (χ1v) is 7.30. The highest BCUT2D eigenvalue weighted by molar-refractivity contribution is 5.76. The molecule has 0 bridgehead atoms. The van der Waals surface area contributed by atoms with E-state index < -0.39 is 0 Å². The minimum atomic E-state index is -0.202. The van der Waals surface area contributed by atoms with Gasteiger partial charge in [0.15, 0.2) is 0 Å². The van der Waals surface area contributed by atoms with Crippen molar-refractivity contribution in [2.24, 2.45) is 5.41 Å². The van der Waals surface area contributed by atoms with Crippen LogP contribution in [0.15, 0.2) is 23.9 Å². The molecule has 1 aromatic carbocycles. The molecule has 0 aromatic heterocycles. The quantitative estimate of drug-likeness (QED) is 0.870. The van der Waals surface area contributed by atoms with E-state index in [1.807, 2.05) is 0 Å². The lowest BCUT2D eigenvalue weighted by molar-refractivity contribution is -0.0421. The predicted molar refractivity (Wildman–Crippen MR) is 80.2 cm³/mol. The monoisotopic (exact) mass is 273 g/mol. The van der Waals surface area contributed by atoms with Crippen LogP contribution < -0.4 is 5.32 Å². The third-order valence-corrected chi connectivity index (χ3v) is 4.61. The zero-order chi connectivity index (χ0) is 14.3. The van der Waals surface area contributed by atoms with Crippen LogP contribution in [0.1, 0.15) is 37.0 Å². The first kappa shape index (κ1) is 13.7. The molecular formula is C17H23NO2. The molecule has 0 spiro atoms. The maximum absolute atomic E-state index is 9.53. The summed E-state index contributed by atoms with van der Waals surface area (Å²) in [5, 5.41) is 13.1. The van der Waals surface area contributed by atoms with Gasteiger partial charge < -0.3 is 15.2 Å². The highest BCUT2D eigenvalue weighted by Gasteiger charge is 2.36. The molecule has 0 unspecified atom stereocenters. The highest BCUT2D eigenvalue weighted by Crippen LogP contribution is 2.38. The first-order valence-electron chi connectivity index (χ1n) is 7.30. The van der Waals surface area contributed by atoms with Crippen LogP contribution in [0, 0.1) is 12.3 Å². The van der Waals surface area contributed by atoms with E-state index in [0.717, 1.165) is 13.0 Å². The Labute approximate surface area is 120 Å². The molecule has 20 heavy (non-hydrogen) atoms. The Morgan fingerprint density at radius 1 is 1.40 bits per heavy atom. The van der Waals surface area contributed by atoms with Gasteiger partial charge in [0.1, 0.15) is 0 Å². The second-order valence-corrected chi connectivity index (χ2v) is 6.57. The van der Waals surface area contributed by atoms with Gasteiger partial charge in [-0.1, -0.05) is 32.0 Å². The van der Waals surface area contributed by atoms with Crippen LogP contribution in [0.4, 0.5) is 0 Å². The Morgan fingerprint density at radius 3 is 2.95 bits per heavy atom. The number of hydrogen-bond donors (Lipinski definition) is 2. The molecule has 2 N–H and O–H groups in total. The number of ether oxygens (including phenoxy) is 1. The molecule has 1 aromatic rings. The molecule has 0 fully saturated rings. The summed E-state index contributed by atoms with van der Waals surface area (Å²) in [5.74, 6) is 0. The standard InChI is InChI=1S/C17H23NO2/c1-11-5-4-6-12-8-18-14-7-15(17(2,3)10-19)20-9-13(14)16(11)12/h4-6,15,18-19H,7-10H2,1-3H3/t15-/m0/s1. The van der Waals surface area contributed by atoms with Crippen LogP contribution in [0.2, 0.25) is 0 Å². The van der Waals surface area contributed by atoms with Crippen molar-refractivity contribution in [2.75, 3.05) is 13.2 Å². The zero-order valence-corrected chi connectivity index (χ0v) is 12.5. The Balaban J connectivity index is 1.96. The molecular weight excluding hydrogens is 250 g/mol. The van der Waals surface area contributed by atoms with Crippen molar-refractivity contribution in [1.82, 2.24) is 5.32 Å². The molecule has 3 heteroatoms. The molecule has 0 saturated carbocycles. The van der Waals surface area contributed by atoms with E-state index in [4.69, 9.17) is 4.74 Å². The van der Waals surface area contributed by atoms with Gasteiger partial charge in [0.25, 0.3) is 0 Å². The van der Waals surface area contributed by atoms with Crippen LogP contribution >= 0.6 is 0 Å². The van der Waals surface area contributed by atoms with Crippen molar-refractivity contribution in [1.29, 1.82) is 0 Å². The molecule has 0 amide bonds. The van der Waals surface area contributed by atoms with Crippen molar-refractivity contribution < 1.29 is 9.84 Å². The van der Waals surface area contributed by atoms with Crippen LogP contribution in [0.25, 0.3) is 5.57 Å². The van der Waals surface area contributed by atoms with E-state index >= 15 is 0 Å². The number of hydrogen-bond acceptors (Lipinski definition) is 3. The summed E-state index contributed by atoms with van der Waals surface area (Å²) in [6.07, 6.45) is 0.931. The van der Waals surface area contributed by atoms with E-state index in [-0.39, 0.29) is 18.1 Å². The van der Waals surface area contributed by atoms with E-state index in [2.05, 4.69) is 44.3 Å². The van der Waals surface area contributed by atoms with Gasteiger partial charge in [-0.05, 0) is 23.6 Å². The molecule has 2 aliphatic rings. The number of benzene rings is 1. The number of aliphatic hydroxyl groups is 1. The third-order valence-electron chi connectivity index (χ3n) is 4.61. The van der Waals surface area contributed by atoms with Gasteiger partial charge in [0.05, 0.1) is 19.3 Å². The average Bonchev–Trinajstić information content (AvgIpc) is 2.46. The second kappa shape index (κ2) is 4.90. The summed E-state index contributed by atoms with van der Waals surface area (Å²) >= 11 is 0. The Hall–Kier alpha value is -1.32. The van der Waals surface area contributed by atoms with Gasteiger partial charge in [-0.15, -0.1) is 0 Å². The topological polar surface area (TPSA) is 41.5 Å². The van der Waals surface area contributed by atoms with E-state index in [0.29, 0.717) is 6.61 Å². The molecule has 3 rings (SSSR count). The summed E-state index contributed by atoms with van der Waals surface area (Å²) in [4.78, 5) is 0. The summed E-state index contributed by atoms with van der Waals surface area (Å²) in [6, 6.07) is 6.46. The fraction of sp³-hybridized carbons (Fsp3) is 0.529. The summed E-state index contributed by atoms with van der Waals surface area (Å²) in [7, 11) is 0. The van der Waals surface area contributed by atoms with Crippen molar-refractivity contribution in [3.63, 3.8) is 0 Å². The molecule has 0 aliphatic carbocycles. The highest BCUT2D eigenvalue weighted by atomic mass is 16.5. The number of fused-ring (bicyclic) bond motifs is 2. The van der Waals surface area contributed by atoms with Crippen LogP contribution in [0.3, 0.4) is 0 Å². The SMILES string of the molecule is Cc1cccc2c1C1=C(C[C@@H](C(C)(C)CO)OC1)NC2. The zero-order valence-electron chi connectivity index (χ0n) is 12.5. The molecule has 1 atom stereocenters. The van der Waals surface area contributed by atoms with Crippen LogP contribution in [0.5, 0.6) is 0 Å². The van der Waals surface area contributed by atoms with Crippen molar-refractivity contribution in [2.45, 2.75) is 39.8 Å². The third kappa shape index (κ3) is 2.15. The number of aliphatic hydroxyl groups excluding tert-OH is 1. The molecule has 2 aliphatic heterocycles. The van der Waals surface area contributed by atoms with Gasteiger partial charge in [-0.25, -0.2) is 0 Å². The lowest BCUT2D eigenvalue weighted by Crippen LogP contribution is -2.41. The predicted octanol–water partition coefficient (Wildman–Crippen LogP) is 2.62. The van der Waals surface area contributed by atoms with Gasteiger partial charge >= 0.3 is 0 Å². The lowest BCUT2D eigenvalue weighted by atomic mass is 9.80. The fourth-order valence-corrected chi connectivity index (χ4v) is 3.15. The Kier molecular flexibility index (Phi) is 3.35. The number of aryl methyl sites for hydroxylation is 1. The van der Waals surface area contributed by atoms with E-state index in [9.17, 15) is 5.11 Å². The molecule has 108 valence electrons. The van der Waals surface area contributed by atoms with Crippen LogP contribution in [-0.2, 0) is 11.3 Å². The summed E-state index contributed by atoms with van der Waals surface area (Å²) in [6.45, 7) is 7.96. The van der Waals surface area contributed by atoms with Crippen molar-refractivity contribution >= 4 is 5.57 Å². The Bertz CT molecular complexity index is 560.